The van der Waals surface area contributed by atoms with Crippen molar-refractivity contribution in [3.05, 3.63) is 0 Å². The Balaban J connectivity index is 3.78. The molecule has 0 aromatic carbocycles. The number of aliphatic imine (C=N–C) groups is 1. The van der Waals surface area contributed by atoms with Crippen molar-refractivity contribution in [1.82, 2.24) is 16.0 Å². The highest BCUT2D eigenvalue weighted by molar-refractivity contribution is 5.79. The summed E-state index contributed by atoms with van der Waals surface area (Å²) in [6.45, 7) is 12.5. The van der Waals surface area contributed by atoms with Gasteiger partial charge in [0.05, 0.1) is 0 Å². The maximum Gasteiger partial charge on any atom is 0.407 e. The van der Waals surface area contributed by atoms with Gasteiger partial charge in [0.2, 0.25) is 0 Å². The van der Waals surface area contributed by atoms with Crippen LogP contribution < -0.4 is 16.0 Å². The summed E-state index contributed by atoms with van der Waals surface area (Å²) in [5, 5.41) is 8.99. The lowest BCUT2D eigenvalue weighted by atomic mass is 10.2. The van der Waals surface area contributed by atoms with Crippen molar-refractivity contribution in [2.24, 2.45) is 4.99 Å². The van der Waals surface area contributed by atoms with E-state index in [4.69, 9.17) is 4.74 Å². The second kappa shape index (κ2) is 9.47. The van der Waals surface area contributed by atoms with Crippen molar-refractivity contribution in [1.29, 1.82) is 0 Å². The fraction of sp³-hybridized carbons (Fsp3) is 0.846. The third-order valence-corrected chi connectivity index (χ3v) is 1.96. The maximum absolute atomic E-state index is 11.4. The average Bonchev–Trinajstić information content (AvgIpc) is 2.26. The lowest BCUT2D eigenvalue weighted by Crippen LogP contribution is -2.37. The van der Waals surface area contributed by atoms with Crippen LogP contribution in [0.1, 0.15) is 41.0 Å². The molecule has 1 amide bonds. The van der Waals surface area contributed by atoms with E-state index in [1.807, 2.05) is 34.6 Å². The van der Waals surface area contributed by atoms with Crippen molar-refractivity contribution in [2.75, 3.05) is 26.2 Å². The summed E-state index contributed by atoms with van der Waals surface area (Å²) in [5.41, 5.74) is -0.453. The molecule has 0 unspecified atom stereocenters. The Kier molecular flexibility index (Phi) is 8.74. The van der Waals surface area contributed by atoms with Gasteiger partial charge in [0.25, 0.3) is 0 Å². The minimum Gasteiger partial charge on any atom is -0.444 e. The van der Waals surface area contributed by atoms with Crippen LogP contribution in [0.3, 0.4) is 0 Å². The standard InChI is InChI=1S/C13H28N4O2/c1-6-14-11(15-7-2)16-9-8-10-17-12(18)19-13(3,4)5/h6-10H2,1-5H3,(H,17,18)(H2,14,15,16). The van der Waals surface area contributed by atoms with Gasteiger partial charge >= 0.3 is 6.09 Å². The van der Waals surface area contributed by atoms with Crippen molar-refractivity contribution < 1.29 is 9.53 Å². The second-order valence-corrected chi connectivity index (χ2v) is 5.07. The molecule has 0 aliphatic heterocycles. The predicted octanol–water partition coefficient (Wildman–Crippen LogP) is 1.48. The number of nitrogens with one attached hydrogen (secondary N) is 3. The zero-order valence-electron chi connectivity index (χ0n) is 12.8. The molecule has 0 aromatic heterocycles. The van der Waals surface area contributed by atoms with E-state index in [9.17, 15) is 4.79 Å². The molecule has 0 rings (SSSR count). The van der Waals surface area contributed by atoms with Crippen LogP contribution in [0, 0.1) is 0 Å². The van der Waals surface area contributed by atoms with Crippen molar-refractivity contribution in [3.8, 4) is 0 Å². The fourth-order valence-corrected chi connectivity index (χ4v) is 1.28. The molecule has 0 spiro atoms. The fourth-order valence-electron chi connectivity index (χ4n) is 1.28. The Morgan fingerprint density at radius 2 is 1.68 bits per heavy atom. The summed E-state index contributed by atoms with van der Waals surface area (Å²) >= 11 is 0. The van der Waals surface area contributed by atoms with Gasteiger partial charge in [0, 0.05) is 26.2 Å². The monoisotopic (exact) mass is 272 g/mol. The first-order valence-corrected chi connectivity index (χ1v) is 6.88. The van der Waals surface area contributed by atoms with Crippen LogP contribution in [0.15, 0.2) is 4.99 Å². The van der Waals surface area contributed by atoms with Crippen molar-refractivity contribution in [2.45, 2.75) is 46.6 Å². The molecular formula is C13H28N4O2. The molecule has 112 valence electrons. The minimum absolute atomic E-state index is 0.380. The smallest absolute Gasteiger partial charge is 0.407 e. The number of alkyl carbamates (subject to hydrolysis) is 1. The van der Waals surface area contributed by atoms with E-state index < -0.39 is 5.60 Å². The Morgan fingerprint density at radius 3 is 2.16 bits per heavy atom. The van der Waals surface area contributed by atoms with E-state index in [-0.39, 0.29) is 6.09 Å². The molecule has 6 nitrogen and oxygen atoms in total. The molecule has 0 saturated heterocycles. The second-order valence-electron chi connectivity index (χ2n) is 5.07. The topological polar surface area (TPSA) is 74.8 Å². The largest absolute Gasteiger partial charge is 0.444 e. The SMILES string of the molecule is CCNC(=NCCCNC(=O)OC(C)(C)C)NCC. The van der Waals surface area contributed by atoms with Crippen LogP contribution in [0.5, 0.6) is 0 Å². The highest BCUT2D eigenvalue weighted by atomic mass is 16.6. The minimum atomic E-state index is -0.453. The van der Waals surface area contributed by atoms with E-state index in [1.54, 1.807) is 0 Å². The van der Waals surface area contributed by atoms with Gasteiger partial charge in [-0.15, -0.1) is 0 Å². The molecule has 6 heteroatoms. The number of ether oxygens (including phenoxy) is 1. The van der Waals surface area contributed by atoms with E-state index in [0.29, 0.717) is 13.1 Å². The third-order valence-electron chi connectivity index (χ3n) is 1.96. The zero-order chi connectivity index (χ0) is 14.7. The Morgan fingerprint density at radius 1 is 1.11 bits per heavy atom. The van der Waals surface area contributed by atoms with Crippen LogP contribution in [0.25, 0.3) is 0 Å². The molecule has 0 aromatic rings. The average molecular weight is 272 g/mol. The number of carbonyl (C=O) groups is 1. The molecule has 0 radical (unpaired) electrons. The van der Waals surface area contributed by atoms with Gasteiger partial charge in [-0.05, 0) is 41.0 Å². The van der Waals surface area contributed by atoms with Gasteiger partial charge in [-0.2, -0.15) is 0 Å². The molecule has 0 heterocycles. The molecule has 0 aliphatic rings. The number of hydrogen-bond donors (Lipinski definition) is 3. The van der Waals surface area contributed by atoms with Gasteiger partial charge in [-0.3, -0.25) is 4.99 Å². The Bertz CT molecular complexity index is 277. The predicted molar refractivity (Wildman–Crippen MR) is 78.5 cm³/mol. The first-order chi connectivity index (χ1) is 8.89. The van der Waals surface area contributed by atoms with E-state index in [1.165, 1.54) is 0 Å². The number of hydrogen-bond acceptors (Lipinski definition) is 3. The highest BCUT2D eigenvalue weighted by Gasteiger charge is 2.15. The summed E-state index contributed by atoms with van der Waals surface area (Å²) in [7, 11) is 0. The van der Waals surface area contributed by atoms with Gasteiger partial charge in [0.15, 0.2) is 5.96 Å². The summed E-state index contributed by atoms with van der Waals surface area (Å²) in [6, 6.07) is 0. The molecule has 0 bridgehead atoms. The molecule has 0 aliphatic carbocycles. The van der Waals surface area contributed by atoms with Crippen molar-refractivity contribution >= 4 is 12.1 Å². The van der Waals surface area contributed by atoms with Crippen LogP contribution in [0.4, 0.5) is 4.79 Å². The Labute approximate surface area is 116 Å². The van der Waals surface area contributed by atoms with Gasteiger partial charge in [-0.25, -0.2) is 4.79 Å². The summed E-state index contributed by atoms with van der Waals surface area (Å²) in [5.74, 6) is 0.808. The summed E-state index contributed by atoms with van der Waals surface area (Å²) in [4.78, 5) is 15.7. The number of carbonyl (C=O) groups excluding carboxylic acids is 1. The van der Waals surface area contributed by atoms with E-state index in [2.05, 4.69) is 20.9 Å². The van der Waals surface area contributed by atoms with Gasteiger partial charge in [0.1, 0.15) is 5.60 Å². The molecule has 0 saturated carbocycles. The first-order valence-electron chi connectivity index (χ1n) is 6.88. The third kappa shape index (κ3) is 11.4. The molecule has 19 heavy (non-hydrogen) atoms. The van der Waals surface area contributed by atoms with Crippen LogP contribution in [-0.4, -0.2) is 43.8 Å². The van der Waals surface area contributed by atoms with E-state index >= 15 is 0 Å². The molecule has 0 atom stereocenters. The quantitative estimate of drug-likeness (QED) is 0.389. The zero-order valence-corrected chi connectivity index (χ0v) is 12.8. The number of guanidine groups is 1. The molecular weight excluding hydrogens is 244 g/mol. The van der Waals surface area contributed by atoms with Crippen LogP contribution in [-0.2, 0) is 4.74 Å². The van der Waals surface area contributed by atoms with Gasteiger partial charge in [-0.1, -0.05) is 0 Å². The summed E-state index contributed by atoms with van der Waals surface area (Å²) < 4.78 is 5.13. The number of amides is 1. The lowest BCUT2D eigenvalue weighted by molar-refractivity contribution is 0.0527. The van der Waals surface area contributed by atoms with Gasteiger partial charge < -0.3 is 20.7 Å². The summed E-state index contributed by atoms with van der Waals surface area (Å²) in [6.07, 6.45) is 0.398. The lowest BCUT2D eigenvalue weighted by Gasteiger charge is -2.19. The normalized spacial score (nSPS) is 10.6. The van der Waals surface area contributed by atoms with Crippen LogP contribution >= 0.6 is 0 Å². The molecule has 0 fully saturated rings. The number of nitrogens with zero attached hydrogens (tertiary/aromatic N) is 1. The molecule has 3 N–H and O–H groups in total. The van der Waals surface area contributed by atoms with Crippen molar-refractivity contribution in [3.63, 3.8) is 0 Å². The maximum atomic E-state index is 11.4. The van der Waals surface area contributed by atoms with Crippen LogP contribution in [0.2, 0.25) is 0 Å². The van der Waals surface area contributed by atoms with E-state index in [0.717, 1.165) is 25.5 Å². The Hall–Kier alpha value is -1.46. The highest BCUT2D eigenvalue weighted by Crippen LogP contribution is 2.06. The number of rotatable bonds is 6. The first kappa shape index (κ1) is 17.5.